The Morgan fingerprint density at radius 1 is 1.45 bits per heavy atom. The van der Waals surface area contributed by atoms with Gasteiger partial charge in [-0.25, -0.2) is 10.8 Å². The molecule has 0 bridgehead atoms. The average Bonchev–Trinajstić information content (AvgIpc) is 2.35. The van der Waals surface area contributed by atoms with Gasteiger partial charge in [0.25, 0.3) is 5.91 Å². The Hall–Kier alpha value is -1.37. The Balaban J connectivity index is 2.72. The van der Waals surface area contributed by atoms with Crippen molar-refractivity contribution in [3.05, 3.63) is 22.8 Å². The van der Waals surface area contributed by atoms with Gasteiger partial charge in [-0.1, -0.05) is 25.4 Å². The number of hydrogen-bond donors (Lipinski definition) is 3. The number of nitrogens with one attached hydrogen (secondary N) is 2. The summed E-state index contributed by atoms with van der Waals surface area (Å²) < 4.78 is 0. The predicted octanol–water partition coefficient (Wildman–Crippen LogP) is 1.34. The van der Waals surface area contributed by atoms with E-state index in [1.54, 1.807) is 12.1 Å². The molecule has 0 aliphatic carbocycles. The molecule has 1 aromatic heterocycles. The molecule has 1 aromatic rings. The number of anilines is 1. The van der Waals surface area contributed by atoms with Crippen LogP contribution in [0.1, 0.15) is 24.3 Å². The Morgan fingerprint density at radius 3 is 2.65 bits per heavy atom. The van der Waals surface area contributed by atoms with E-state index in [0.717, 1.165) is 6.54 Å². The molecule has 0 saturated carbocycles. The minimum absolute atomic E-state index is 0.0463. The lowest BCUT2D eigenvalue weighted by Gasteiger charge is -2.28. The number of pyridine rings is 1. The van der Waals surface area contributed by atoms with Crippen molar-refractivity contribution in [1.82, 2.24) is 15.2 Å². The van der Waals surface area contributed by atoms with Gasteiger partial charge in [0, 0.05) is 13.1 Å². The molecule has 0 spiro atoms. The van der Waals surface area contributed by atoms with Crippen LogP contribution in [0.2, 0.25) is 5.02 Å². The van der Waals surface area contributed by atoms with Crippen molar-refractivity contribution in [3.8, 4) is 0 Å². The van der Waals surface area contributed by atoms with Crippen LogP contribution < -0.4 is 16.6 Å². The lowest BCUT2D eigenvalue weighted by Crippen LogP contribution is -2.40. The minimum Gasteiger partial charge on any atom is -0.350 e. The summed E-state index contributed by atoms with van der Waals surface area (Å²) in [5.41, 5.74) is 2.51. The summed E-state index contributed by atoms with van der Waals surface area (Å²) in [7, 11) is 4.00. The highest BCUT2D eigenvalue weighted by Crippen LogP contribution is 2.18. The lowest BCUT2D eigenvalue weighted by molar-refractivity contribution is 0.0924. The summed E-state index contributed by atoms with van der Waals surface area (Å²) in [6.45, 7) is 5.56. The average molecular weight is 300 g/mol. The van der Waals surface area contributed by atoms with E-state index in [9.17, 15) is 4.79 Å². The maximum absolute atomic E-state index is 12.1. The van der Waals surface area contributed by atoms with Crippen LogP contribution in [0.25, 0.3) is 0 Å². The number of nitrogen functional groups attached to an aromatic ring is 1. The fraction of sp³-hybridized carbons (Fsp3) is 0.538. The van der Waals surface area contributed by atoms with Gasteiger partial charge in [0.05, 0.1) is 5.02 Å². The second-order valence-electron chi connectivity index (χ2n) is 5.76. The third-order valence-electron chi connectivity index (χ3n) is 2.68. The SMILES string of the molecule is CN(C)CC(C)(C)CNC(=O)c1nc(NN)ccc1Cl. The van der Waals surface area contributed by atoms with Gasteiger partial charge in [0.2, 0.25) is 0 Å². The highest BCUT2D eigenvalue weighted by atomic mass is 35.5. The number of halogens is 1. The maximum Gasteiger partial charge on any atom is 0.271 e. The second kappa shape index (κ2) is 6.88. The Kier molecular flexibility index (Phi) is 5.74. The molecule has 0 fully saturated rings. The predicted molar refractivity (Wildman–Crippen MR) is 81.7 cm³/mol. The number of nitrogens with two attached hydrogens (primary N) is 1. The molecule has 7 heteroatoms. The van der Waals surface area contributed by atoms with E-state index in [4.69, 9.17) is 17.4 Å². The topological polar surface area (TPSA) is 83.3 Å². The molecular weight excluding hydrogens is 278 g/mol. The van der Waals surface area contributed by atoms with Crippen molar-refractivity contribution in [3.63, 3.8) is 0 Å². The summed E-state index contributed by atoms with van der Waals surface area (Å²) in [6, 6.07) is 3.19. The third-order valence-corrected chi connectivity index (χ3v) is 2.99. The summed E-state index contributed by atoms with van der Waals surface area (Å²) in [4.78, 5) is 18.3. The Labute approximate surface area is 124 Å². The molecule has 0 saturated heterocycles. The maximum atomic E-state index is 12.1. The number of nitrogens with zero attached hydrogens (tertiary/aromatic N) is 2. The van der Waals surface area contributed by atoms with Gasteiger partial charge in [-0.15, -0.1) is 0 Å². The largest absolute Gasteiger partial charge is 0.350 e. The number of hydrogen-bond acceptors (Lipinski definition) is 5. The van der Waals surface area contributed by atoms with E-state index >= 15 is 0 Å². The van der Waals surface area contributed by atoms with Crippen LogP contribution in [0.15, 0.2) is 12.1 Å². The zero-order valence-corrected chi connectivity index (χ0v) is 13.1. The number of hydrazine groups is 1. The Morgan fingerprint density at radius 2 is 2.10 bits per heavy atom. The van der Waals surface area contributed by atoms with Crippen molar-refractivity contribution in [2.24, 2.45) is 11.3 Å². The monoisotopic (exact) mass is 299 g/mol. The second-order valence-corrected chi connectivity index (χ2v) is 6.16. The van der Waals surface area contributed by atoms with Crippen molar-refractivity contribution >= 4 is 23.3 Å². The zero-order chi connectivity index (χ0) is 15.3. The first kappa shape index (κ1) is 16.7. The van der Waals surface area contributed by atoms with Crippen LogP contribution >= 0.6 is 11.6 Å². The lowest BCUT2D eigenvalue weighted by atomic mass is 9.93. The molecule has 1 rings (SSSR count). The quantitative estimate of drug-likeness (QED) is 0.545. The van der Waals surface area contributed by atoms with Crippen LogP contribution in [0, 0.1) is 5.41 Å². The van der Waals surface area contributed by atoms with E-state index in [1.807, 2.05) is 14.1 Å². The third kappa shape index (κ3) is 4.96. The molecule has 1 heterocycles. The highest BCUT2D eigenvalue weighted by Gasteiger charge is 2.21. The number of carbonyl (C=O) groups excluding carboxylic acids is 1. The smallest absolute Gasteiger partial charge is 0.271 e. The fourth-order valence-corrected chi connectivity index (χ4v) is 2.19. The molecule has 1 amide bonds. The van der Waals surface area contributed by atoms with Crippen LogP contribution in [0.5, 0.6) is 0 Å². The molecule has 0 radical (unpaired) electrons. The van der Waals surface area contributed by atoms with E-state index < -0.39 is 0 Å². The van der Waals surface area contributed by atoms with Gasteiger partial charge in [0.1, 0.15) is 11.5 Å². The minimum atomic E-state index is -0.307. The van der Waals surface area contributed by atoms with Gasteiger partial charge >= 0.3 is 0 Å². The molecule has 6 nitrogen and oxygen atoms in total. The van der Waals surface area contributed by atoms with Crippen molar-refractivity contribution in [1.29, 1.82) is 0 Å². The van der Waals surface area contributed by atoms with E-state index in [2.05, 4.69) is 34.5 Å². The molecule has 4 N–H and O–H groups in total. The number of aromatic nitrogens is 1. The van der Waals surface area contributed by atoms with E-state index in [1.165, 1.54) is 0 Å². The molecule has 0 aliphatic heterocycles. The zero-order valence-electron chi connectivity index (χ0n) is 12.3. The first-order chi connectivity index (χ1) is 9.25. The molecule has 20 heavy (non-hydrogen) atoms. The van der Waals surface area contributed by atoms with Crippen molar-refractivity contribution < 1.29 is 4.79 Å². The highest BCUT2D eigenvalue weighted by molar-refractivity contribution is 6.33. The first-order valence-electron chi connectivity index (χ1n) is 6.31. The molecule has 0 aliphatic rings. The van der Waals surface area contributed by atoms with Crippen LogP contribution in [-0.2, 0) is 0 Å². The van der Waals surface area contributed by atoms with Gasteiger partial charge in [-0.3, -0.25) is 4.79 Å². The summed E-state index contributed by atoms with van der Waals surface area (Å²) in [6.07, 6.45) is 0. The number of amides is 1. The summed E-state index contributed by atoms with van der Waals surface area (Å²) in [5.74, 6) is 5.36. The summed E-state index contributed by atoms with van der Waals surface area (Å²) >= 11 is 5.98. The van der Waals surface area contributed by atoms with Crippen LogP contribution in [0.4, 0.5) is 5.82 Å². The molecule has 112 valence electrons. The van der Waals surface area contributed by atoms with Gasteiger partial charge in [-0.2, -0.15) is 0 Å². The van der Waals surface area contributed by atoms with Crippen molar-refractivity contribution in [2.75, 3.05) is 32.6 Å². The van der Waals surface area contributed by atoms with Crippen molar-refractivity contribution in [2.45, 2.75) is 13.8 Å². The first-order valence-corrected chi connectivity index (χ1v) is 6.69. The normalized spacial score (nSPS) is 11.6. The fourth-order valence-electron chi connectivity index (χ4n) is 2.00. The van der Waals surface area contributed by atoms with Gasteiger partial charge in [-0.05, 0) is 31.6 Å². The molecule has 0 atom stereocenters. The van der Waals surface area contributed by atoms with Crippen LogP contribution in [0.3, 0.4) is 0 Å². The van der Waals surface area contributed by atoms with Crippen LogP contribution in [-0.4, -0.2) is 43.0 Å². The molecular formula is C13H22ClN5O. The van der Waals surface area contributed by atoms with E-state index in [-0.39, 0.29) is 17.0 Å². The molecule has 0 unspecified atom stereocenters. The summed E-state index contributed by atoms with van der Waals surface area (Å²) in [5, 5.41) is 3.15. The number of carbonyl (C=O) groups is 1. The van der Waals surface area contributed by atoms with Gasteiger partial charge in [0.15, 0.2) is 0 Å². The van der Waals surface area contributed by atoms with Gasteiger partial charge < -0.3 is 15.6 Å². The van der Waals surface area contributed by atoms with E-state index in [0.29, 0.717) is 17.4 Å². The number of rotatable bonds is 6. The Bertz CT molecular complexity index is 476. The standard InChI is InChI=1S/C13H22ClN5O/c1-13(2,8-19(3)4)7-16-12(20)11-9(14)5-6-10(17-11)18-15/h5-6H,7-8,15H2,1-4H3,(H,16,20)(H,17,18). The molecule has 0 aromatic carbocycles.